The van der Waals surface area contributed by atoms with Gasteiger partial charge >= 0.3 is 5.91 Å². The first-order valence-corrected chi connectivity index (χ1v) is 2.92. The third kappa shape index (κ3) is 1.59. The average molecular weight is 152 g/mol. The summed E-state index contributed by atoms with van der Waals surface area (Å²) >= 11 is 0. The van der Waals surface area contributed by atoms with E-state index in [4.69, 9.17) is 9.95 Å². The van der Waals surface area contributed by atoms with Crippen LogP contribution in [0.15, 0.2) is 21.7 Å². The molecular formula is C6H6N3O2+. The van der Waals surface area contributed by atoms with Crippen LogP contribution in [-0.2, 0) is 0 Å². The topological polar surface area (TPSA) is 80.5 Å². The molecule has 0 radical (unpaired) electrons. The molecule has 0 aliphatic heterocycles. The molecule has 0 saturated carbocycles. The van der Waals surface area contributed by atoms with E-state index in [2.05, 4.69) is 10.0 Å². The molecule has 1 N–H and O–H groups in total. The standard InChI is InChI=1S/C6H6N3O2/c1-4-2-3-5(11-4)6(10)8-9-7/h2-3,7H,1H3/q+1. The molecule has 0 fully saturated rings. The highest BCUT2D eigenvalue weighted by Gasteiger charge is 2.12. The number of hydrogen-bond donors (Lipinski definition) is 1. The van der Waals surface area contributed by atoms with E-state index in [1.54, 1.807) is 13.0 Å². The van der Waals surface area contributed by atoms with Crippen LogP contribution in [0.1, 0.15) is 16.3 Å². The third-order valence-electron chi connectivity index (χ3n) is 1.09. The summed E-state index contributed by atoms with van der Waals surface area (Å²) in [7, 11) is 0. The molecular weight excluding hydrogens is 146 g/mol. The Kier molecular flexibility index (Phi) is 1.94. The van der Waals surface area contributed by atoms with E-state index < -0.39 is 5.91 Å². The Morgan fingerprint density at radius 1 is 1.73 bits per heavy atom. The van der Waals surface area contributed by atoms with Crippen molar-refractivity contribution < 1.29 is 9.21 Å². The Hall–Kier alpha value is -1.74. The van der Waals surface area contributed by atoms with Crippen LogP contribution in [0.3, 0.4) is 0 Å². The van der Waals surface area contributed by atoms with Gasteiger partial charge < -0.3 is 4.42 Å². The fraction of sp³-hybridized carbons (Fsp3) is 0.167. The second-order valence-corrected chi connectivity index (χ2v) is 1.92. The van der Waals surface area contributed by atoms with Gasteiger partial charge in [0.2, 0.25) is 15.8 Å². The maximum absolute atomic E-state index is 10.8. The highest BCUT2D eigenvalue weighted by molar-refractivity contribution is 5.91. The zero-order valence-corrected chi connectivity index (χ0v) is 5.87. The van der Waals surface area contributed by atoms with Crippen LogP contribution in [0.2, 0.25) is 0 Å². The van der Waals surface area contributed by atoms with Crippen LogP contribution in [0.5, 0.6) is 0 Å². The van der Waals surface area contributed by atoms with Gasteiger partial charge in [-0.3, -0.25) is 4.79 Å². The Morgan fingerprint density at radius 3 is 2.91 bits per heavy atom. The number of aryl methyl sites for hydroxylation is 1. The number of nitrogens with zero attached hydrogens (tertiary/aromatic N) is 2. The molecule has 1 aromatic heterocycles. The molecule has 1 aromatic rings. The fourth-order valence-electron chi connectivity index (χ4n) is 0.644. The van der Waals surface area contributed by atoms with Crippen LogP contribution in [0, 0.1) is 12.5 Å². The first-order valence-electron chi connectivity index (χ1n) is 2.92. The maximum Gasteiger partial charge on any atom is 0.395 e. The summed E-state index contributed by atoms with van der Waals surface area (Å²) in [5.74, 6) is 0.111. The average Bonchev–Trinajstić information content (AvgIpc) is 2.36. The lowest BCUT2D eigenvalue weighted by molar-refractivity contribution is 0.0964. The second kappa shape index (κ2) is 2.90. The number of rotatable bonds is 1. The van der Waals surface area contributed by atoms with Crippen molar-refractivity contribution in [1.29, 1.82) is 5.53 Å². The Balaban J connectivity index is 2.93. The SMILES string of the molecule is Cc1ccc(C(=O)N=[N+]=N)o1. The number of amides is 1. The number of carbonyl (C=O) groups is 1. The molecule has 0 aliphatic carbocycles. The molecule has 0 aliphatic rings. The van der Waals surface area contributed by atoms with Crippen LogP contribution in [0.4, 0.5) is 0 Å². The minimum atomic E-state index is -0.631. The van der Waals surface area contributed by atoms with Gasteiger partial charge in [-0.1, -0.05) is 0 Å². The lowest BCUT2D eigenvalue weighted by Crippen LogP contribution is -1.90. The zero-order chi connectivity index (χ0) is 8.27. The summed E-state index contributed by atoms with van der Waals surface area (Å²) in [5, 5.41) is 2.97. The molecule has 5 heteroatoms. The minimum Gasteiger partial charge on any atom is -0.456 e. The summed E-state index contributed by atoms with van der Waals surface area (Å²) in [6.45, 7) is 1.72. The van der Waals surface area contributed by atoms with Gasteiger partial charge in [-0.05, 0) is 19.1 Å². The predicted octanol–water partition coefficient (Wildman–Crippen LogP) is 1.28. The van der Waals surface area contributed by atoms with E-state index in [9.17, 15) is 4.79 Å². The normalized spacial score (nSPS) is 8.82. The fourth-order valence-corrected chi connectivity index (χ4v) is 0.644. The first kappa shape index (κ1) is 7.37. The minimum absolute atomic E-state index is 0.110. The molecule has 0 bridgehead atoms. The molecule has 56 valence electrons. The Bertz CT molecular complexity index is 322. The largest absolute Gasteiger partial charge is 0.456 e. The van der Waals surface area contributed by atoms with Gasteiger partial charge in [0.15, 0.2) is 0 Å². The van der Waals surface area contributed by atoms with E-state index in [0.29, 0.717) is 5.76 Å². The second-order valence-electron chi connectivity index (χ2n) is 1.92. The van der Waals surface area contributed by atoms with E-state index in [-0.39, 0.29) is 5.76 Å². The van der Waals surface area contributed by atoms with Crippen molar-refractivity contribution in [3.05, 3.63) is 23.7 Å². The molecule has 0 saturated heterocycles. The lowest BCUT2D eigenvalue weighted by atomic mass is 10.4. The van der Waals surface area contributed by atoms with E-state index in [1.807, 2.05) is 0 Å². The van der Waals surface area contributed by atoms with Crippen molar-refractivity contribution in [2.75, 3.05) is 0 Å². The van der Waals surface area contributed by atoms with Crippen molar-refractivity contribution in [1.82, 2.24) is 4.91 Å². The highest BCUT2D eigenvalue weighted by atomic mass is 16.3. The molecule has 0 aromatic carbocycles. The van der Waals surface area contributed by atoms with E-state index in [1.165, 1.54) is 6.07 Å². The van der Waals surface area contributed by atoms with Crippen LogP contribution in [-0.4, -0.2) is 5.91 Å². The van der Waals surface area contributed by atoms with Gasteiger partial charge in [0.1, 0.15) is 11.3 Å². The first-order chi connectivity index (χ1) is 5.24. The van der Waals surface area contributed by atoms with Crippen molar-refractivity contribution in [2.24, 2.45) is 5.11 Å². The highest BCUT2D eigenvalue weighted by Crippen LogP contribution is 2.06. The lowest BCUT2D eigenvalue weighted by Gasteiger charge is -1.79. The van der Waals surface area contributed by atoms with Gasteiger partial charge in [0, 0.05) is 0 Å². The quantitative estimate of drug-likeness (QED) is 0.485. The third-order valence-corrected chi connectivity index (χ3v) is 1.09. The molecule has 0 unspecified atom stereocenters. The molecule has 11 heavy (non-hydrogen) atoms. The summed E-state index contributed by atoms with van der Waals surface area (Å²) in [5.41, 5.74) is 6.29. The molecule has 0 spiro atoms. The molecule has 0 atom stereocenters. The zero-order valence-electron chi connectivity index (χ0n) is 5.87. The summed E-state index contributed by atoms with van der Waals surface area (Å²) in [6, 6.07) is 3.14. The predicted molar refractivity (Wildman–Crippen MR) is 35.1 cm³/mol. The van der Waals surface area contributed by atoms with Crippen LogP contribution < -0.4 is 4.91 Å². The Labute approximate surface area is 62.3 Å². The van der Waals surface area contributed by atoms with Gasteiger partial charge in [-0.25, -0.2) is 0 Å². The van der Waals surface area contributed by atoms with E-state index >= 15 is 0 Å². The summed E-state index contributed by atoms with van der Waals surface area (Å²) in [4.78, 5) is 13.4. The van der Waals surface area contributed by atoms with Crippen LogP contribution >= 0.6 is 0 Å². The summed E-state index contributed by atoms with van der Waals surface area (Å²) in [6.07, 6.45) is 0. The maximum atomic E-state index is 10.8. The number of hydrogen-bond acceptors (Lipinski definition) is 3. The van der Waals surface area contributed by atoms with Crippen LogP contribution in [0.25, 0.3) is 0 Å². The monoisotopic (exact) mass is 152 g/mol. The Morgan fingerprint density at radius 2 is 2.45 bits per heavy atom. The smallest absolute Gasteiger partial charge is 0.395 e. The molecule has 1 amide bonds. The van der Waals surface area contributed by atoms with Crippen molar-refractivity contribution in [3.63, 3.8) is 0 Å². The van der Waals surface area contributed by atoms with Crippen molar-refractivity contribution in [2.45, 2.75) is 6.92 Å². The van der Waals surface area contributed by atoms with Gasteiger partial charge in [0.25, 0.3) is 0 Å². The number of nitrogens with one attached hydrogen (secondary N) is 1. The van der Waals surface area contributed by atoms with Gasteiger partial charge in [0.05, 0.1) is 0 Å². The summed E-state index contributed by atoms with van der Waals surface area (Å²) < 4.78 is 4.91. The molecule has 1 rings (SSSR count). The van der Waals surface area contributed by atoms with E-state index in [0.717, 1.165) is 0 Å². The number of carbonyl (C=O) groups excluding carboxylic acids is 1. The van der Waals surface area contributed by atoms with Crippen molar-refractivity contribution in [3.8, 4) is 0 Å². The van der Waals surface area contributed by atoms with Gasteiger partial charge in [-0.15, -0.1) is 0 Å². The molecule has 1 heterocycles. The van der Waals surface area contributed by atoms with Crippen molar-refractivity contribution >= 4 is 5.91 Å². The van der Waals surface area contributed by atoms with Gasteiger partial charge in [-0.2, -0.15) is 0 Å². The molecule has 5 nitrogen and oxygen atoms in total. The number of furan rings is 1.